The van der Waals surface area contributed by atoms with Gasteiger partial charge in [0.1, 0.15) is 5.75 Å². The molecule has 3 aliphatic rings. The lowest BCUT2D eigenvalue weighted by molar-refractivity contribution is -0.306. The molecule has 8 heteroatoms. The molecule has 32 heavy (non-hydrogen) atoms. The molecular formula is C24H26ClF3O4. The molecule has 0 heterocycles. The van der Waals surface area contributed by atoms with Gasteiger partial charge in [0, 0.05) is 19.3 Å². The highest BCUT2D eigenvalue weighted by molar-refractivity contribution is 6.31. The van der Waals surface area contributed by atoms with Crippen LogP contribution < -0.4 is 4.74 Å². The molecule has 3 aliphatic carbocycles. The zero-order valence-corrected chi connectivity index (χ0v) is 19.0. The maximum absolute atomic E-state index is 14.6. The van der Waals surface area contributed by atoms with Crippen LogP contribution in [0.1, 0.15) is 63.5 Å². The molecule has 1 aromatic rings. The molecule has 4 rings (SSSR count). The molecule has 4 nitrogen and oxygen atoms in total. The van der Waals surface area contributed by atoms with Gasteiger partial charge < -0.3 is 9.47 Å². The Morgan fingerprint density at radius 3 is 2.50 bits per heavy atom. The fourth-order valence-corrected chi connectivity index (χ4v) is 6.98. The summed E-state index contributed by atoms with van der Waals surface area (Å²) in [6.45, 7) is 3.92. The third-order valence-electron chi connectivity index (χ3n) is 7.74. The molecule has 1 aromatic carbocycles. The fourth-order valence-electron chi connectivity index (χ4n) is 6.53. The SMILES string of the molecule is CC(=O)Oc1ccc2c(c1)CC[C@@H]1[C@@H]2CC[C@@]2(C)[C@H]1CC=C(Cl)[C@@]2(OC(C)=O)C(F)(F)F. The van der Waals surface area contributed by atoms with Gasteiger partial charge in [-0.1, -0.05) is 30.7 Å². The average molecular weight is 471 g/mol. The highest BCUT2D eigenvalue weighted by atomic mass is 35.5. The number of rotatable bonds is 2. The van der Waals surface area contributed by atoms with Crippen LogP contribution in [0.4, 0.5) is 13.2 Å². The number of benzene rings is 1. The molecule has 5 atom stereocenters. The number of ether oxygens (including phenoxy) is 2. The van der Waals surface area contributed by atoms with Crippen LogP contribution in [0.15, 0.2) is 29.3 Å². The number of hydrogen-bond donors (Lipinski definition) is 0. The number of alkyl halides is 3. The fraction of sp³-hybridized carbons (Fsp3) is 0.583. The lowest BCUT2D eigenvalue weighted by Gasteiger charge is -2.60. The van der Waals surface area contributed by atoms with Crippen LogP contribution >= 0.6 is 11.6 Å². The molecule has 0 bridgehead atoms. The molecule has 0 N–H and O–H groups in total. The van der Waals surface area contributed by atoms with E-state index in [9.17, 15) is 22.8 Å². The number of allylic oxidation sites excluding steroid dienone is 1. The van der Waals surface area contributed by atoms with Gasteiger partial charge in [-0.15, -0.1) is 0 Å². The second-order valence-corrected chi connectivity index (χ2v) is 9.79. The molecule has 1 fully saturated rings. The van der Waals surface area contributed by atoms with Gasteiger partial charge in [-0.25, -0.2) is 0 Å². The van der Waals surface area contributed by atoms with Crippen LogP contribution in [-0.4, -0.2) is 23.7 Å². The number of esters is 2. The Morgan fingerprint density at radius 2 is 1.88 bits per heavy atom. The first kappa shape index (κ1) is 23.1. The van der Waals surface area contributed by atoms with Crippen molar-refractivity contribution < 1.29 is 32.2 Å². The van der Waals surface area contributed by atoms with Gasteiger partial charge in [0.25, 0.3) is 0 Å². The second kappa shape index (κ2) is 7.79. The van der Waals surface area contributed by atoms with Crippen molar-refractivity contribution in [1.29, 1.82) is 0 Å². The van der Waals surface area contributed by atoms with Crippen molar-refractivity contribution in [2.24, 2.45) is 17.3 Å². The van der Waals surface area contributed by atoms with E-state index in [0.29, 0.717) is 31.4 Å². The topological polar surface area (TPSA) is 52.6 Å². The Balaban J connectivity index is 1.75. The van der Waals surface area contributed by atoms with E-state index in [1.165, 1.54) is 13.0 Å². The van der Waals surface area contributed by atoms with Crippen LogP contribution in [0.3, 0.4) is 0 Å². The lowest BCUT2D eigenvalue weighted by atomic mass is 9.47. The molecule has 0 aliphatic heterocycles. The minimum absolute atomic E-state index is 0.000810. The molecule has 0 unspecified atom stereocenters. The minimum Gasteiger partial charge on any atom is -0.443 e. The predicted molar refractivity (Wildman–Crippen MR) is 112 cm³/mol. The summed E-state index contributed by atoms with van der Waals surface area (Å²) in [4.78, 5) is 23.1. The zero-order valence-electron chi connectivity index (χ0n) is 18.2. The monoisotopic (exact) mass is 470 g/mol. The van der Waals surface area contributed by atoms with E-state index in [2.05, 4.69) is 0 Å². The van der Waals surface area contributed by atoms with Crippen LogP contribution in [-0.2, 0) is 20.7 Å². The van der Waals surface area contributed by atoms with Crippen LogP contribution in [0, 0.1) is 17.3 Å². The van der Waals surface area contributed by atoms with E-state index in [0.717, 1.165) is 18.1 Å². The van der Waals surface area contributed by atoms with E-state index in [1.807, 2.05) is 12.1 Å². The Labute approximate surface area is 190 Å². The van der Waals surface area contributed by atoms with Crippen molar-refractivity contribution in [3.8, 4) is 5.75 Å². The van der Waals surface area contributed by atoms with E-state index >= 15 is 0 Å². The van der Waals surface area contributed by atoms with Gasteiger partial charge in [0.05, 0.1) is 5.03 Å². The van der Waals surface area contributed by atoms with E-state index in [1.54, 1.807) is 13.0 Å². The van der Waals surface area contributed by atoms with Crippen molar-refractivity contribution in [3.63, 3.8) is 0 Å². The van der Waals surface area contributed by atoms with Crippen LogP contribution in [0.2, 0.25) is 0 Å². The van der Waals surface area contributed by atoms with E-state index in [-0.39, 0.29) is 24.2 Å². The molecule has 0 saturated heterocycles. The summed E-state index contributed by atoms with van der Waals surface area (Å²) in [5.41, 5.74) is -2.02. The molecule has 0 aromatic heterocycles. The first-order chi connectivity index (χ1) is 14.9. The lowest BCUT2D eigenvalue weighted by Crippen LogP contribution is -2.66. The largest absolute Gasteiger partial charge is 0.443 e. The summed E-state index contributed by atoms with van der Waals surface area (Å²) < 4.78 is 54.1. The Morgan fingerprint density at radius 1 is 1.16 bits per heavy atom. The smallest absolute Gasteiger partial charge is 0.434 e. The van der Waals surface area contributed by atoms with Gasteiger partial charge in [-0.3, -0.25) is 9.59 Å². The number of fused-ring (bicyclic) bond motifs is 5. The van der Waals surface area contributed by atoms with Crippen molar-refractivity contribution in [3.05, 3.63) is 40.4 Å². The van der Waals surface area contributed by atoms with Gasteiger partial charge in [0.2, 0.25) is 5.60 Å². The van der Waals surface area contributed by atoms with Gasteiger partial charge in [-0.2, -0.15) is 13.2 Å². The average Bonchev–Trinajstić information content (AvgIpc) is 2.68. The summed E-state index contributed by atoms with van der Waals surface area (Å²) in [6, 6.07) is 5.53. The number of aryl methyl sites for hydroxylation is 1. The second-order valence-electron chi connectivity index (χ2n) is 9.39. The first-order valence-electron chi connectivity index (χ1n) is 10.8. The molecule has 0 spiro atoms. The van der Waals surface area contributed by atoms with Crippen molar-refractivity contribution in [2.75, 3.05) is 0 Å². The minimum atomic E-state index is -4.84. The van der Waals surface area contributed by atoms with Gasteiger partial charge >= 0.3 is 18.1 Å². The standard InChI is InChI=1S/C24H26ClF3O4/c1-13(29)31-16-5-7-17-15(12-16)4-6-19-18(17)10-11-22(3)20(19)8-9-21(25)23(22,24(26,27)28)32-14(2)30/h5,7,9,12,18-20H,4,6,8,10-11H2,1-3H3/t18-,19-,20+,22+,23+/m1/s1. The third-order valence-corrected chi connectivity index (χ3v) is 8.16. The molecule has 174 valence electrons. The maximum Gasteiger partial charge on any atom is 0.434 e. The third kappa shape index (κ3) is 3.35. The van der Waals surface area contributed by atoms with Gasteiger partial charge in [-0.05, 0) is 73.1 Å². The Bertz CT molecular complexity index is 988. The van der Waals surface area contributed by atoms with Crippen molar-refractivity contribution in [1.82, 2.24) is 0 Å². The summed E-state index contributed by atoms with van der Waals surface area (Å²) in [7, 11) is 0. The normalized spacial score (nSPS) is 33.8. The Hall–Kier alpha value is -2.02. The molecule has 1 saturated carbocycles. The van der Waals surface area contributed by atoms with E-state index < -0.39 is 34.2 Å². The summed E-state index contributed by atoms with van der Waals surface area (Å²) in [5.74, 6) is -1.16. The van der Waals surface area contributed by atoms with Crippen molar-refractivity contribution >= 4 is 23.5 Å². The first-order valence-corrected chi connectivity index (χ1v) is 11.2. The number of hydrogen-bond acceptors (Lipinski definition) is 4. The number of halogens is 4. The highest BCUT2D eigenvalue weighted by Gasteiger charge is 2.74. The Kier molecular flexibility index (Phi) is 5.63. The quantitative estimate of drug-likeness (QED) is 0.389. The highest BCUT2D eigenvalue weighted by Crippen LogP contribution is 2.67. The summed E-state index contributed by atoms with van der Waals surface area (Å²) in [5, 5.41) is -0.445. The zero-order chi connectivity index (χ0) is 23.5. The summed E-state index contributed by atoms with van der Waals surface area (Å²) in [6.07, 6.45) is -0.884. The predicted octanol–water partition coefficient (Wildman–Crippen LogP) is 6.06. The van der Waals surface area contributed by atoms with Gasteiger partial charge in [0.15, 0.2) is 0 Å². The molecule has 0 radical (unpaired) electrons. The van der Waals surface area contributed by atoms with Crippen molar-refractivity contribution in [2.45, 2.75) is 70.6 Å². The van der Waals surface area contributed by atoms with Crippen LogP contribution in [0.25, 0.3) is 0 Å². The molecule has 0 amide bonds. The van der Waals surface area contributed by atoms with Crippen LogP contribution in [0.5, 0.6) is 5.75 Å². The van der Waals surface area contributed by atoms with E-state index in [4.69, 9.17) is 21.1 Å². The number of carbonyl (C=O) groups excluding carboxylic acids is 2. The maximum atomic E-state index is 14.6. The number of carbonyl (C=O) groups is 2. The molecular weight excluding hydrogens is 445 g/mol. The summed E-state index contributed by atoms with van der Waals surface area (Å²) >= 11 is 6.22.